The molecule has 1 heterocycles. The second-order valence-electron chi connectivity index (χ2n) is 6.48. The quantitative estimate of drug-likeness (QED) is 0.817. The molecule has 0 unspecified atom stereocenters. The van der Waals surface area contributed by atoms with E-state index in [0.29, 0.717) is 12.8 Å². The van der Waals surface area contributed by atoms with Crippen LogP contribution in [0, 0.1) is 0 Å². The number of benzene rings is 2. The van der Waals surface area contributed by atoms with E-state index in [0.717, 1.165) is 30.4 Å². The van der Waals surface area contributed by atoms with Crippen LogP contribution in [0.2, 0.25) is 0 Å². The fourth-order valence-electron chi connectivity index (χ4n) is 3.36. The highest BCUT2D eigenvalue weighted by Crippen LogP contribution is 2.20. The maximum Gasteiger partial charge on any atom is 0.164 e. The van der Waals surface area contributed by atoms with Gasteiger partial charge >= 0.3 is 0 Å². The fourth-order valence-corrected chi connectivity index (χ4v) is 3.36. The predicted octanol–water partition coefficient (Wildman–Crippen LogP) is 4.04. The van der Waals surface area contributed by atoms with E-state index >= 15 is 0 Å². The summed E-state index contributed by atoms with van der Waals surface area (Å²) < 4.78 is 0. The summed E-state index contributed by atoms with van der Waals surface area (Å²) in [5.41, 5.74) is 1.53. The third-order valence-corrected chi connectivity index (χ3v) is 4.63. The fraction of sp³-hybridized carbons (Fsp3) is 0.333. The van der Waals surface area contributed by atoms with Gasteiger partial charge in [-0.3, -0.25) is 9.59 Å². The number of nitrogens with one attached hydrogen (secondary N) is 1. The van der Waals surface area contributed by atoms with Crippen molar-refractivity contribution < 1.29 is 9.59 Å². The van der Waals surface area contributed by atoms with E-state index in [2.05, 4.69) is 5.32 Å². The molecule has 0 amide bonds. The average Bonchev–Trinajstić information content (AvgIpc) is 2.63. The molecule has 1 N–H and O–H groups in total. The summed E-state index contributed by atoms with van der Waals surface area (Å²) in [5, 5.41) is 3.51. The molecule has 0 saturated carbocycles. The topological polar surface area (TPSA) is 46.2 Å². The molecule has 24 heavy (non-hydrogen) atoms. The zero-order valence-corrected chi connectivity index (χ0v) is 13.8. The highest BCUT2D eigenvalue weighted by atomic mass is 16.1. The van der Waals surface area contributed by atoms with E-state index < -0.39 is 0 Å². The van der Waals surface area contributed by atoms with Gasteiger partial charge in [0.05, 0.1) is 0 Å². The van der Waals surface area contributed by atoms with Crippen LogP contribution in [0.3, 0.4) is 0 Å². The van der Waals surface area contributed by atoms with Crippen LogP contribution in [-0.2, 0) is 0 Å². The molecule has 0 radical (unpaired) electrons. The van der Waals surface area contributed by atoms with Crippen molar-refractivity contribution in [2.75, 3.05) is 0 Å². The molecular weight excluding hydrogens is 298 g/mol. The molecule has 1 aliphatic rings. The van der Waals surface area contributed by atoms with Crippen LogP contribution in [0.15, 0.2) is 60.7 Å². The van der Waals surface area contributed by atoms with Crippen LogP contribution in [-0.4, -0.2) is 23.7 Å². The molecule has 124 valence electrons. The summed E-state index contributed by atoms with van der Waals surface area (Å²) in [4.78, 5) is 24.7. The minimum Gasteiger partial charge on any atom is -0.310 e. The lowest BCUT2D eigenvalue weighted by Gasteiger charge is -2.30. The van der Waals surface area contributed by atoms with Crippen LogP contribution in [0.1, 0.15) is 52.8 Å². The van der Waals surface area contributed by atoms with Gasteiger partial charge in [-0.25, -0.2) is 0 Å². The van der Waals surface area contributed by atoms with Gasteiger partial charge in [0.15, 0.2) is 11.6 Å². The van der Waals surface area contributed by atoms with Crippen molar-refractivity contribution in [3.8, 4) is 0 Å². The van der Waals surface area contributed by atoms with Crippen LogP contribution in [0.5, 0.6) is 0 Å². The van der Waals surface area contributed by atoms with Gasteiger partial charge in [-0.1, -0.05) is 67.1 Å². The number of rotatable bonds is 6. The molecule has 2 aromatic carbocycles. The van der Waals surface area contributed by atoms with Crippen molar-refractivity contribution >= 4 is 11.6 Å². The molecule has 3 nitrogen and oxygen atoms in total. The summed E-state index contributed by atoms with van der Waals surface area (Å²) in [7, 11) is 0. The lowest BCUT2D eigenvalue weighted by Crippen LogP contribution is -2.44. The maximum absolute atomic E-state index is 12.4. The lowest BCUT2D eigenvalue weighted by molar-refractivity contribution is 0.0941. The van der Waals surface area contributed by atoms with Gasteiger partial charge in [-0.05, 0) is 12.8 Å². The Morgan fingerprint density at radius 1 is 0.750 bits per heavy atom. The summed E-state index contributed by atoms with van der Waals surface area (Å²) in [5.74, 6) is 0.339. The number of hydrogen-bond acceptors (Lipinski definition) is 3. The van der Waals surface area contributed by atoms with Gasteiger partial charge in [0.2, 0.25) is 0 Å². The van der Waals surface area contributed by atoms with Crippen molar-refractivity contribution in [1.29, 1.82) is 0 Å². The SMILES string of the molecule is O=C(C[C@@H]1CCC[C@@H](CC(=O)c2ccccc2)N1)c1ccccc1. The van der Waals surface area contributed by atoms with Crippen molar-refractivity contribution in [2.24, 2.45) is 0 Å². The molecule has 0 aromatic heterocycles. The average molecular weight is 321 g/mol. The number of carbonyl (C=O) groups is 2. The zero-order valence-electron chi connectivity index (χ0n) is 13.8. The maximum atomic E-state index is 12.4. The molecule has 3 heteroatoms. The third-order valence-electron chi connectivity index (χ3n) is 4.63. The molecule has 0 bridgehead atoms. The Bertz CT molecular complexity index is 622. The van der Waals surface area contributed by atoms with Crippen molar-refractivity contribution in [3.05, 3.63) is 71.8 Å². The Hall–Kier alpha value is -2.26. The highest BCUT2D eigenvalue weighted by Gasteiger charge is 2.25. The summed E-state index contributed by atoms with van der Waals surface area (Å²) in [6.45, 7) is 0. The van der Waals surface area contributed by atoms with Gasteiger partial charge in [-0.15, -0.1) is 0 Å². The first-order valence-corrected chi connectivity index (χ1v) is 8.65. The van der Waals surface area contributed by atoms with Crippen LogP contribution in [0.4, 0.5) is 0 Å². The molecule has 3 rings (SSSR count). The van der Waals surface area contributed by atoms with Crippen molar-refractivity contribution in [2.45, 2.75) is 44.2 Å². The highest BCUT2D eigenvalue weighted by molar-refractivity contribution is 5.97. The lowest BCUT2D eigenvalue weighted by atomic mass is 9.90. The van der Waals surface area contributed by atoms with Crippen molar-refractivity contribution in [1.82, 2.24) is 5.32 Å². The smallest absolute Gasteiger partial charge is 0.164 e. The molecule has 0 aliphatic carbocycles. The Balaban J connectivity index is 1.55. The number of ketones is 2. The second kappa shape index (κ2) is 8.02. The molecule has 0 spiro atoms. The zero-order chi connectivity index (χ0) is 16.8. The van der Waals surface area contributed by atoms with E-state index in [1.165, 1.54) is 0 Å². The minimum atomic E-state index is 0.167. The largest absolute Gasteiger partial charge is 0.310 e. The molecule has 2 atom stereocenters. The van der Waals surface area contributed by atoms with E-state index in [-0.39, 0.29) is 23.7 Å². The van der Waals surface area contributed by atoms with E-state index in [1.54, 1.807) is 0 Å². The number of carbonyl (C=O) groups excluding carboxylic acids is 2. The molecule has 2 aromatic rings. The number of hydrogen-bond donors (Lipinski definition) is 1. The summed E-state index contributed by atoms with van der Waals surface area (Å²) >= 11 is 0. The van der Waals surface area contributed by atoms with E-state index in [9.17, 15) is 9.59 Å². The summed E-state index contributed by atoms with van der Waals surface area (Å²) in [6.07, 6.45) is 4.05. The molecular formula is C21H23NO2. The van der Waals surface area contributed by atoms with Crippen molar-refractivity contribution in [3.63, 3.8) is 0 Å². The monoisotopic (exact) mass is 321 g/mol. The van der Waals surface area contributed by atoms with Gasteiger partial charge in [-0.2, -0.15) is 0 Å². The van der Waals surface area contributed by atoms with Gasteiger partial charge < -0.3 is 5.32 Å². The Morgan fingerprint density at radius 3 is 1.58 bits per heavy atom. The normalized spacial score (nSPS) is 20.5. The van der Waals surface area contributed by atoms with Crippen LogP contribution < -0.4 is 5.32 Å². The first-order valence-electron chi connectivity index (χ1n) is 8.65. The first-order chi connectivity index (χ1) is 11.7. The third kappa shape index (κ3) is 4.39. The van der Waals surface area contributed by atoms with Crippen LogP contribution in [0.25, 0.3) is 0 Å². The molecule has 1 saturated heterocycles. The minimum absolute atomic E-state index is 0.167. The Kier molecular flexibility index (Phi) is 5.55. The van der Waals surface area contributed by atoms with Crippen LogP contribution >= 0.6 is 0 Å². The van der Waals surface area contributed by atoms with E-state index in [1.807, 2.05) is 60.7 Å². The van der Waals surface area contributed by atoms with Gasteiger partial charge in [0, 0.05) is 36.1 Å². The number of piperidine rings is 1. The summed E-state index contributed by atoms with van der Waals surface area (Å²) in [6, 6.07) is 19.2. The Morgan fingerprint density at radius 2 is 1.17 bits per heavy atom. The standard InChI is InChI=1S/C21H23NO2/c23-20(16-8-3-1-4-9-16)14-18-12-7-13-19(22-18)15-21(24)17-10-5-2-6-11-17/h1-6,8-11,18-19,22H,7,12-15H2/t18-,19-/m0/s1. The number of Topliss-reactive ketones (excluding diaryl/α,β-unsaturated/α-hetero) is 2. The molecule has 1 fully saturated rings. The first kappa shape index (κ1) is 16.6. The Labute approximate surface area is 143 Å². The van der Waals surface area contributed by atoms with Gasteiger partial charge in [0.25, 0.3) is 0 Å². The van der Waals surface area contributed by atoms with Gasteiger partial charge in [0.1, 0.15) is 0 Å². The molecule has 1 aliphatic heterocycles. The predicted molar refractivity (Wildman–Crippen MR) is 95.3 cm³/mol. The van der Waals surface area contributed by atoms with E-state index in [4.69, 9.17) is 0 Å². The second-order valence-corrected chi connectivity index (χ2v) is 6.48.